The number of pyridine rings is 1. The van der Waals surface area contributed by atoms with Gasteiger partial charge in [-0.25, -0.2) is 4.79 Å². The molecule has 0 radical (unpaired) electrons. The second-order valence-corrected chi connectivity index (χ2v) is 8.73. The van der Waals surface area contributed by atoms with Crippen LogP contribution >= 0.6 is 11.3 Å². The van der Waals surface area contributed by atoms with Crippen molar-refractivity contribution in [3.05, 3.63) is 52.5 Å². The maximum Gasteiger partial charge on any atom is 0.325 e. The van der Waals surface area contributed by atoms with Crippen molar-refractivity contribution >= 4 is 29.2 Å². The largest absolute Gasteiger partial charge is 0.349 e. The van der Waals surface area contributed by atoms with Crippen LogP contribution in [-0.2, 0) is 16.0 Å². The fourth-order valence-corrected chi connectivity index (χ4v) is 4.97. The highest BCUT2D eigenvalue weighted by molar-refractivity contribution is 7.07. The van der Waals surface area contributed by atoms with Crippen LogP contribution in [0.5, 0.6) is 0 Å². The van der Waals surface area contributed by atoms with E-state index >= 15 is 0 Å². The molecular formula is C22H26N4O3S. The Morgan fingerprint density at radius 2 is 2.10 bits per heavy atom. The van der Waals surface area contributed by atoms with E-state index < -0.39 is 6.04 Å². The molecule has 4 amide bonds. The lowest BCUT2D eigenvalue weighted by atomic mass is 9.94. The van der Waals surface area contributed by atoms with Gasteiger partial charge in [0.2, 0.25) is 5.91 Å². The third kappa shape index (κ3) is 4.70. The third-order valence-electron chi connectivity index (χ3n) is 5.82. The number of urea groups is 1. The molecular weight excluding hydrogens is 400 g/mol. The lowest BCUT2D eigenvalue weighted by molar-refractivity contribution is -0.132. The number of amides is 4. The van der Waals surface area contributed by atoms with Gasteiger partial charge >= 0.3 is 6.03 Å². The summed E-state index contributed by atoms with van der Waals surface area (Å²) in [7, 11) is 0. The Labute approximate surface area is 179 Å². The molecule has 0 bridgehead atoms. The summed E-state index contributed by atoms with van der Waals surface area (Å²) >= 11 is 1.61. The molecule has 3 heterocycles. The van der Waals surface area contributed by atoms with E-state index in [1.54, 1.807) is 23.7 Å². The minimum atomic E-state index is -0.796. The number of rotatable bonds is 7. The normalized spacial score (nSPS) is 20.8. The minimum absolute atomic E-state index is 0.0407. The summed E-state index contributed by atoms with van der Waals surface area (Å²) in [6.45, 7) is 0. The van der Waals surface area contributed by atoms with E-state index in [0.717, 1.165) is 43.2 Å². The van der Waals surface area contributed by atoms with Gasteiger partial charge in [-0.15, -0.1) is 0 Å². The molecule has 2 aromatic heterocycles. The molecule has 1 saturated carbocycles. The standard InChI is InChI=1S/C22H26N4O3S/c27-20(12-19-21(28)26(22(29)25-19)17-6-2-1-3-7-17)24-18(11-15-8-10-30-14-15)16-5-4-9-23-13-16/h4-5,8-10,13-14,17-19H,1-3,6-7,11-12H2,(H,24,27)(H,25,29)/t18-,19-/m1/s1. The zero-order chi connectivity index (χ0) is 20.9. The number of imide groups is 1. The maximum atomic E-state index is 12.8. The number of carbonyl (C=O) groups excluding carboxylic acids is 3. The Morgan fingerprint density at radius 3 is 2.80 bits per heavy atom. The van der Waals surface area contributed by atoms with Gasteiger partial charge in [-0.2, -0.15) is 11.3 Å². The van der Waals surface area contributed by atoms with E-state index in [2.05, 4.69) is 21.0 Å². The highest BCUT2D eigenvalue weighted by atomic mass is 32.1. The fourth-order valence-electron chi connectivity index (χ4n) is 4.29. The van der Waals surface area contributed by atoms with Gasteiger partial charge in [-0.3, -0.25) is 19.5 Å². The molecule has 8 heteroatoms. The SMILES string of the molecule is O=C(C[C@H]1NC(=O)N(C2CCCCC2)C1=O)N[C@H](Cc1ccsc1)c1cccnc1. The summed E-state index contributed by atoms with van der Waals surface area (Å²) < 4.78 is 0. The van der Waals surface area contributed by atoms with Gasteiger partial charge in [0.1, 0.15) is 6.04 Å². The summed E-state index contributed by atoms with van der Waals surface area (Å²) in [6.07, 6.45) is 8.92. The molecule has 7 nitrogen and oxygen atoms in total. The Balaban J connectivity index is 1.40. The Morgan fingerprint density at radius 1 is 1.27 bits per heavy atom. The molecule has 2 aliphatic rings. The summed E-state index contributed by atoms with van der Waals surface area (Å²) in [5.41, 5.74) is 2.03. The molecule has 0 spiro atoms. The van der Waals surface area contributed by atoms with Crippen molar-refractivity contribution in [2.24, 2.45) is 0 Å². The number of hydrogen-bond donors (Lipinski definition) is 2. The minimum Gasteiger partial charge on any atom is -0.349 e. The first-order valence-electron chi connectivity index (χ1n) is 10.5. The van der Waals surface area contributed by atoms with E-state index in [1.165, 1.54) is 4.90 Å². The topological polar surface area (TPSA) is 91.4 Å². The number of aromatic nitrogens is 1. The predicted octanol–water partition coefficient (Wildman–Crippen LogP) is 3.19. The van der Waals surface area contributed by atoms with E-state index in [0.29, 0.717) is 6.42 Å². The molecule has 2 fully saturated rings. The molecule has 30 heavy (non-hydrogen) atoms. The summed E-state index contributed by atoms with van der Waals surface area (Å²) in [6, 6.07) is 4.34. The first-order chi connectivity index (χ1) is 14.6. The van der Waals surface area contributed by atoms with Crippen LogP contribution in [-0.4, -0.2) is 39.8 Å². The summed E-state index contributed by atoms with van der Waals surface area (Å²) in [5, 5.41) is 9.80. The maximum absolute atomic E-state index is 12.8. The van der Waals surface area contributed by atoms with Crippen LogP contribution in [0.1, 0.15) is 55.7 Å². The molecule has 1 saturated heterocycles. The molecule has 0 aromatic carbocycles. The zero-order valence-electron chi connectivity index (χ0n) is 16.8. The Bertz CT molecular complexity index is 881. The van der Waals surface area contributed by atoms with Gasteiger partial charge in [0.25, 0.3) is 5.91 Å². The van der Waals surface area contributed by atoms with Crippen molar-refractivity contribution < 1.29 is 14.4 Å². The van der Waals surface area contributed by atoms with Crippen molar-refractivity contribution in [1.29, 1.82) is 0 Å². The summed E-state index contributed by atoms with van der Waals surface area (Å²) in [4.78, 5) is 43.5. The smallest absolute Gasteiger partial charge is 0.325 e. The second kappa shape index (κ2) is 9.38. The van der Waals surface area contributed by atoms with Crippen LogP contribution in [0.25, 0.3) is 0 Å². The van der Waals surface area contributed by atoms with Gasteiger partial charge in [0.05, 0.1) is 12.5 Å². The predicted molar refractivity (Wildman–Crippen MR) is 114 cm³/mol. The van der Waals surface area contributed by atoms with E-state index in [1.807, 2.05) is 23.6 Å². The second-order valence-electron chi connectivity index (χ2n) is 7.95. The van der Waals surface area contributed by atoms with Gasteiger partial charge in [0.15, 0.2) is 0 Å². The van der Waals surface area contributed by atoms with Crippen molar-refractivity contribution in [2.75, 3.05) is 0 Å². The quantitative estimate of drug-likeness (QED) is 0.665. The van der Waals surface area contributed by atoms with Crippen LogP contribution < -0.4 is 10.6 Å². The zero-order valence-corrected chi connectivity index (χ0v) is 17.6. The summed E-state index contributed by atoms with van der Waals surface area (Å²) in [5.74, 6) is -0.541. The lowest BCUT2D eigenvalue weighted by Crippen LogP contribution is -2.42. The van der Waals surface area contributed by atoms with E-state index in [9.17, 15) is 14.4 Å². The molecule has 2 aromatic rings. The molecule has 158 valence electrons. The van der Waals surface area contributed by atoms with Gasteiger partial charge in [0, 0.05) is 18.4 Å². The molecule has 4 rings (SSSR count). The monoisotopic (exact) mass is 426 g/mol. The highest BCUT2D eigenvalue weighted by Crippen LogP contribution is 2.26. The number of nitrogens with zero attached hydrogens (tertiary/aromatic N) is 2. The van der Waals surface area contributed by atoms with Crippen LogP contribution in [0.3, 0.4) is 0 Å². The van der Waals surface area contributed by atoms with Crippen molar-refractivity contribution in [3.8, 4) is 0 Å². The van der Waals surface area contributed by atoms with Crippen molar-refractivity contribution in [3.63, 3.8) is 0 Å². The fraction of sp³-hybridized carbons (Fsp3) is 0.455. The number of nitrogens with one attached hydrogen (secondary N) is 2. The van der Waals surface area contributed by atoms with E-state index in [-0.39, 0.29) is 36.3 Å². The van der Waals surface area contributed by atoms with Crippen LogP contribution in [0.4, 0.5) is 4.79 Å². The van der Waals surface area contributed by atoms with Crippen LogP contribution in [0, 0.1) is 0 Å². The molecule has 2 atom stereocenters. The highest BCUT2D eigenvalue weighted by Gasteiger charge is 2.43. The molecule has 2 N–H and O–H groups in total. The third-order valence-corrected chi connectivity index (χ3v) is 6.56. The Kier molecular flexibility index (Phi) is 6.42. The molecule has 1 aliphatic heterocycles. The van der Waals surface area contributed by atoms with Gasteiger partial charge in [-0.05, 0) is 53.3 Å². The van der Waals surface area contributed by atoms with Gasteiger partial charge in [-0.1, -0.05) is 25.3 Å². The average Bonchev–Trinajstić information content (AvgIpc) is 3.36. The van der Waals surface area contributed by atoms with Crippen LogP contribution in [0.2, 0.25) is 0 Å². The number of thiophene rings is 1. The lowest BCUT2D eigenvalue weighted by Gasteiger charge is -2.28. The van der Waals surface area contributed by atoms with Crippen molar-refractivity contribution in [1.82, 2.24) is 20.5 Å². The molecule has 0 unspecified atom stereocenters. The first-order valence-corrected chi connectivity index (χ1v) is 11.4. The number of carbonyl (C=O) groups is 3. The van der Waals surface area contributed by atoms with E-state index in [4.69, 9.17) is 0 Å². The average molecular weight is 427 g/mol. The number of hydrogen-bond acceptors (Lipinski definition) is 5. The Hall–Kier alpha value is -2.74. The van der Waals surface area contributed by atoms with Crippen LogP contribution in [0.15, 0.2) is 41.4 Å². The molecule has 1 aliphatic carbocycles. The van der Waals surface area contributed by atoms with Crippen molar-refractivity contribution in [2.45, 2.75) is 63.1 Å². The van der Waals surface area contributed by atoms with Gasteiger partial charge < -0.3 is 10.6 Å². The first kappa shape index (κ1) is 20.5.